The van der Waals surface area contributed by atoms with Crippen LogP contribution in [0.25, 0.3) is 0 Å². The number of aromatic nitrogens is 1. The molecule has 2 aromatic carbocycles. The van der Waals surface area contributed by atoms with Gasteiger partial charge in [-0.1, -0.05) is 12.1 Å². The number of morpholine rings is 1. The first kappa shape index (κ1) is 23.6. The van der Waals surface area contributed by atoms with Gasteiger partial charge in [-0.2, -0.15) is 13.2 Å². The van der Waals surface area contributed by atoms with Crippen LogP contribution in [0.2, 0.25) is 0 Å². The lowest BCUT2D eigenvalue weighted by atomic mass is 10.0. The van der Waals surface area contributed by atoms with Crippen LogP contribution in [0.15, 0.2) is 66.9 Å². The zero-order chi connectivity index (χ0) is 24.1. The molecule has 0 saturated carbocycles. The summed E-state index contributed by atoms with van der Waals surface area (Å²) in [5, 5.41) is 2.96. The first-order valence-electron chi connectivity index (χ1n) is 10.9. The van der Waals surface area contributed by atoms with Crippen LogP contribution >= 0.6 is 0 Å². The Morgan fingerprint density at radius 3 is 2.32 bits per heavy atom. The zero-order valence-electron chi connectivity index (χ0n) is 18.5. The summed E-state index contributed by atoms with van der Waals surface area (Å²) in [6.45, 7) is 3.30. The SMILES string of the molecule is CCN1C(=O)COCC1Cc1ccc(Oc2ccc(Nc3ccc(C(F)(F)F)cn3)cc2)cc1. The number of anilines is 2. The Bertz CT molecular complexity index is 1100. The van der Waals surface area contributed by atoms with E-state index < -0.39 is 11.7 Å². The maximum absolute atomic E-state index is 12.6. The van der Waals surface area contributed by atoms with Crippen LogP contribution in [0.5, 0.6) is 11.5 Å². The molecule has 2 heterocycles. The number of carbonyl (C=O) groups is 1. The van der Waals surface area contributed by atoms with Gasteiger partial charge in [0.2, 0.25) is 5.91 Å². The highest BCUT2D eigenvalue weighted by Crippen LogP contribution is 2.30. The van der Waals surface area contributed by atoms with Crippen LogP contribution in [0, 0.1) is 0 Å². The Hall–Kier alpha value is -3.59. The third-order valence-electron chi connectivity index (χ3n) is 5.49. The largest absolute Gasteiger partial charge is 0.457 e. The Labute approximate surface area is 195 Å². The minimum atomic E-state index is -4.41. The average Bonchev–Trinajstić information content (AvgIpc) is 2.82. The van der Waals surface area contributed by atoms with E-state index >= 15 is 0 Å². The topological polar surface area (TPSA) is 63.7 Å². The van der Waals surface area contributed by atoms with Gasteiger partial charge >= 0.3 is 6.18 Å². The summed E-state index contributed by atoms with van der Waals surface area (Å²) in [6, 6.07) is 17.0. The van der Waals surface area contributed by atoms with Gasteiger partial charge in [0.25, 0.3) is 0 Å². The number of nitrogens with zero attached hydrogens (tertiary/aromatic N) is 2. The quantitative estimate of drug-likeness (QED) is 0.498. The fourth-order valence-electron chi connectivity index (χ4n) is 3.75. The van der Waals surface area contributed by atoms with Gasteiger partial charge in [-0.25, -0.2) is 4.98 Å². The first-order valence-corrected chi connectivity index (χ1v) is 10.9. The normalized spacial score (nSPS) is 16.4. The van der Waals surface area contributed by atoms with Gasteiger partial charge < -0.3 is 19.7 Å². The van der Waals surface area contributed by atoms with Gasteiger partial charge in [0.15, 0.2) is 0 Å². The molecule has 3 aromatic rings. The molecule has 1 unspecified atom stereocenters. The van der Waals surface area contributed by atoms with Crippen molar-refractivity contribution in [2.45, 2.75) is 25.6 Å². The Balaban J connectivity index is 1.33. The number of carbonyl (C=O) groups excluding carboxylic acids is 1. The Morgan fingerprint density at radius 2 is 1.74 bits per heavy atom. The van der Waals surface area contributed by atoms with Crippen LogP contribution in [0.1, 0.15) is 18.1 Å². The fourth-order valence-corrected chi connectivity index (χ4v) is 3.75. The highest BCUT2D eigenvalue weighted by molar-refractivity contribution is 5.78. The van der Waals surface area contributed by atoms with Crippen LogP contribution in [-0.2, 0) is 22.1 Å². The van der Waals surface area contributed by atoms with E-state index in [9.17, 15) is 18.0 Å². The number of amides is 1. The smallest absolute Gasteiger partial charge is 0.417 e. The van der Waals surface area contributed by atoms with Crippen LogP contribution in [0.4, 0.5) is 24.7 Å². The standard InChI is InChI=1S/C25H24F3N3O3/c1-2-31-20(15-33-16-24(31)32)13-17-3-8-21(9-4-17)34-22-10-6-19(7-11-22)30-23-12-5-18(14-29-23)25(26,27)28/h3-12,14,20H,2,13,15-16H2,1H3,(H,29,30). The second-order valence-corrected chi connectivity index (χ2v) is 7.88. The van der Waals surface area contributed by atoms with E-state index in [1.54, 1.807) is 24.3 Å². The number of hydrogen-bond acceptors (Lipinski definition) is 5. The zero-order valence-corrected chi connectivity index (χ0v) is 18.5. The number of halogens is 3. The monoisotopic (exact) mass is 471 g/mol. The van der Waals surface area contributed by atoms with Crippen molar-refractivity contribution in [1.82, 2.24) is 9.88 Å². The second-order valence-electron chi connectivity index (χ2n) is 7.88. The van der Waals surface area contributed by atoms with Gasteiger partial charge in [0, 0.05) is 18.4 Å². The van der Waals surface area contributed by atoms with Gasteiger partial charge in [0.1, 0.15) is 23.9 Å². The molecule has 0 spiro atoms. The number of rotatable bonds is 7. The second kappa shape index (κ2) is 10.1. The summed E-state index contributed by atoms with van der Waals surface area (Å²) >= 11 is 0. The predicted octanol–water partition coefficient (Wildman–Crippen LogP) is 5.43. The van der Waals surface area contributed by atoms with Crippen LogP contribution < -0.4 is 10.1 Å². The highest BCUT2D eigenvalue weighted by Gasteiger charge is 2.30. The third kappa shape index (κ3) is 5.85. The van der Waals surface area contributed by atoms with Crippen molar-refractivity contribution in [3.05, 3.63) is 78.0 Å². The average molecular weight is 471 g/mol. The molecule has 1 amide bonds. The molecule has 1 saturated heterocycles. The third-order valence-corrected chi connectivity index (χ3v) is 5.49. The molecule has 34 heavy (non-hydrogen) atoms. The molecule has 1 atom stereocenters. The summed E-state index contributed by atoms with van der Waals surface area (Å²) in [5.41, 5.74) is 0.952. The Kier molecular flexibility index (Phi) is 7.02. The van der Waals surface area contributed by atoms with E-state index in [0.717, 1.165) is 17.8 Å². The molecule has 0 radical (unpaired) electrons. The number of alkyl halides is 3. The number of likely N-dealkylation sites (N-methyl/N-ethyl adjacent to an activating group) is 1. The van der Waals surface area contributed by atoms with E-state index in [2.05, 4.69) is 10.3 Å². The molecule has 1 N–H and O–H groups in total. The van der Waals surface area contributed by atoms with Crippen molar-refractivity contribution in [3.63, 3.8) is 0 Å². The first-order chi connectivity index (χ1) is 16.3. The van der Waals surface area contributed by atoms with E-state index in [0.29, 0.717) is 42.6 Å². The molecule has 1 aromatic heterocycles. The molecule has 9 heteroatoms. The van der Waals surface area contributed by atoms with Crippen molar-refractivity contribution < 1.29 is 27.4 Å². The van der Waals surface area contributed by atoms with Gasteiger partial charge in [-0.3, -0.25) is 4.79 Å². The highest BCUT2D eigenvalue weighted by atomic mass is 19.4. The van der Waals surface area contributed by atoms with E-state index in [1.807, 2.05) is 36.1 Å². The molecule has 1 aliphatic heterocycles. The lowest BCUT2D eigenvalue weighted by Crippen LogP contribution is -2.50. The number of nitrogens with one attached hydrogen (secondary N) is 1. The number of hydrogen-bond donors (Lipinski definition) is 1. The minimum Gasteiger partial charge on any atom is -0.457 e. The van der Waals surface area contributed by atoms with E-state index in [4.69, 9.17) is 9.47 Å². The van der Waals surface area contributed by atoms with Crippen molar-refractivity contribution in [2.75, 3.05) is 25.1 Å². The van der Waals surface area contributed by atoms with Crippen LogP contribution in [0.3, 0.4) is 0 Å². The lowest BCUT2D eigenvalue weighted by Gasteiger charge is -2.34. The molecule has 1 fully saturated rings. The van der Waals surface area contributed by atoms with E-state index in [1.165, 1.54) is 6.07 Å². The van der Waals surface area contributed by atoms with Crippen molar-refractivity contribution >= 4 is 17.4 Å². The lowest BCUT2D eigenvalue weighted by molar-refractivity contribution is -0.147. The summed E-state index contributed by atoms with van der Waals surface area (Å²) < 4.78 is 49.2. The summed E-state index contributed by atoms with van der Waals surface area (Å²) in [5.74, 6) is 1.61. The number of ether oxygens (including phenoxy) is 2. The maximum Gasteiger partial charge on any atom is 0.417 e. The molecule has 0 aliphatic carbocycles. The maximum atomic E-state index is 12.6. The summed E-state index contributed by atoms with van der Waals surface area (Å²) in [7, 11) is 0. The van der Waals surface area contributed by atoms with Gasteiger partial charge in [-0.15, -0.1) is 0 Å². The van der Waals surface area contributed by atoms with Crippen molar-refractivity contribution in [3.8, 4) is 11.5 Å². The summed E-state index contributed by atoms with van der Waals surface area (Å²) in [6.07, 6.45) is -2.91. The predicted molar refractivity (Wildman–Crippen MR) is 121 cm³/mol. The Morgan fingerprint density at radius 1 is 1.06 bits per heavy atom. The number of pyridine rings is 1. The number of benzene rings is 2. The fraction of sp³-hybridized carbons (Fsp3) is 0.280. The molecule has 178 valence electrons. The molecule has 4 rings (SSSR count). The van der Waals surface area contributed by atoms with Gasteiger partial charge in [0.05, 0.1) is 18.2 Å². The van der Waals surface area contributed by atoms with Crippen molar-refractivity contribution in [1.29, 1.82) is 0 Å². The molecular weight excluding hydrogens is 447 g/mol. The molecule has 1 aliphatic rings. The van der Waals surface area contributed by atoms with Crippen LogP contribution in [-0.4, -0.2) is 41.6 Å². The van der Waals surface area contributed by atoms with Crippen molar-refractivity contribution in [2.24, 2.45) is 0 Å². The molecule has 0 bridgehead atoms. The minimum absolute atomic E-state index is 0.0192. The molecular formula is C25H24F3N3O3. The van der Waals surface area contributed by atoms with Gasteiger partial charge in [-0.05, 0) is 67.4 Å². The van der Waals surface area contributed by atoms with E-state index in [-0.39, 0.29) is 18.6 Å². The molecule has 6 nitrogen and oxygen atoms in total. The summed E-state index contributed by atoms with van der Waals surface area (Å²) in [4.78, 5) is 17.6.